The number of aliphatic hydroxyl groups is 2. The molecule has 0 amide bonds. The number of hydrogen-bond donors (Lipinski definition) is 3. The van der Waals surface area contributed by atoms with E-state index in [0.717, 1.165) is 5.03 Å². The van der Waals surface area contributed by atoms with Crippen LogP contribution in [-0.2, 0) is 0 Å². The van der Waals surface area contributed by atoms with Gasteiger partial charge in [-0.2, -0.15) is 0 Å². The monoisotopic (exact) mass is 215 g/mol. The fourth-order valence-electron chi connectivity index (χ4n) is 0.888. The lowest BCUT2D eigenvalue weighted by atomic mass is 10.3. The first kappa shape index (κ1) is 11.2. The molecule has 3 N–H and O–H groups in total. The Kier molecular flexibility index (Phi) is 4.64. The minimum atomic E-state index is -0.375. The van der Waals surface area contributed by atoms with Crippen molar-refractivity contribution in [3.05, 3.63) is 12.4 Å². The van der Waals surface area contributed by atoms with Crippen molar-refractivity contribution in [1.29, 1.82) is 0 Å². The summed E-state index contributed by atoms with van der Waals surface area (Å²) < 4.78 is 0. The lowest BCUT2D eigenvalue weighted by Gasteiger charge is -2.13. The Morgan fingerprint density at radius 3 is 2.71 bits per heavy atom. The molecule has 0 bridgehead atoms. The van der Waals surface area contributed by atoms with Crippen molar-refractivity contribution >= 4 is 17.6 Å². The standard InChI is InChI=1S/C8H13N3O2S/c1-14-8-2-7(9-5-10-8)11-6(3-12)4-13/h2,5-6,12-13H,3-4H2,1H3,(H,9,10,11). The van der Waals surface area contributed by atoms with Gasteiger partial charge in [0.15, 0.2) is 0 Å². The van der Waals surface area contributed by atoms with E-state index in [4.69, 9.17) is 10.2 Å². The number of hydrogen-bond acceptors (Lipinski definition) is 6. The van der Waals surface area contributed by atoms with Gasteiger partial charge < -0.3 is 15.5 Å². The molecule has 0 atom stereocenters. The van der Waals surface area contributed by atoms with E-state index in [9.17, 15) is 0 Å². The number of aromatic nitrogens is 2. The Hall–Kier alpha value is -0.850. The summed E-state index contributed by atoms with van der Waals surface area (Å²) in [4.78, 5) is 7.97. The quantitative estimate of drug-likeness (QED) is 0.472. The predicted octanol–water partition coefficient (Wildman–Crippen LogP) is -0.0364. The third-order valence-electron chi connectivity index (χ3n) is 1.64. The van der Waals surface area contributed by atoms with Crippen LogP contribution < -0.4 is 5.32 Å². The molecular weight excluding hydrogens is 202 g/mol. The largest absolute Gasteiger partial charge is 0.394 e. The molecule has 0 radical (unpaired) electrons. The van der Waals surface area contributed by atoms with Crippen LogP contribution in [0.1, 0.15) is 0 Å². The molecule has 0 unspecified atom stereocenters. The smallest absolute Gasteiger partial charge is 0.130 e. The zero-order valence-corrected chi connectivity index (χ0v) is 8.66. The second-order valence-electron chi connectivity index (χ2n) is 2.65. The van der Waals surface area contributed by atoms with Crippen LogP contribution in [0.25, 0.3) is 0 Å². The molecule has 0 aromatic carbocycles. The SMILES string of the molecule is CSc1cc(NC(CO)CO)ncn1. The Bertz CT molecular complexity index is 281. The van der Waals surface area contributed by atoms with E-state index in [-0.39, 0.29) is 19.3 Å². The van der Waals surface area contributed by atoms with Crippen LogP contribution in [0.15, 0.2) is 17.4 Å². The van der Waals surface area contributed by atoms with Crippen LogP contribution in [-0.4, -0.2) is 45.7 Å². The first-order valence-electron chi connectivity index (χ1n) is 4.14. The molecular formula is C8H13N3O2S. The lowest BCUT2D eigenvalue weighted by Crippen LogP contribution is -2.28. The summed E-state index contributed by atoms with van der Waals surface area (Å²) >= 11 is 1.51. The van der Waals surface area contributed by atoms with Crippen molar-refractivity contribution in [2.75, 3.05) is 24.8 Å². The zero-order chi connectivity index (χ0) is 10.4. The van der Waals surface area contributed by atoms with Crippen molar-refractivity contribution in [1.82, 2.24) is 9.97 Å². The summed E-state index contributed by atoms with van der Waals surface area (Å²) in [5, 5.41) is 21.4. The van der Waals surface area contributed by atoms with Crippen LogP contribution in [0, 0.1) is 0 Å². The molecule has 1 heterocycles. The average molecular weight is 215 g/mol. The van der Waals surface area contributed by atoms with Crippen LogP contribution in [0.4, 0.5) is 5.82 Å². The third kappa shape index (κ3) is 3.13. The van der Waals surface area contributed by atoms with E-state index in [0.29, 0.717) is 5.82 Å². The maximum Gasteiger partial charge on any atom is 0.130 e. The van der Waals surface area contributed by atoms with Crippen molar-refractivity contribution in [3.8, 4) is 0 Å². The Morgan fingerprint density at radius 1 is 1.43 bits per heavy atom. The molecule has 1 aromatic heterocycles. The van der Waals surface area contributed by atoms with Crippen molar-refractivity contribution in [2.45, 2.75) is 11.1 Å². The Morgan fingerprint density at radius 2 is 2.14 bits per heavy atom. The molecule has 0 saturated carbocycles. The van der Waals surface area contributed by atoms with Gasteiger partial charge in [-0.25, -0.2) is 9.97 Å². The third-order valence-corrected chi connectivity index (χ3v) is 2.29. The van der Waals surface area contributed by atoms with E-state index in [1.807, 2.05) is 6.26 Å². The summed E-state index contributed by atoms with van der Waals surface area (Å²) in [5.74, 6) is 0.609. The van der Waals surface area contributed by atoms with Crippen molar-refractivity contribution in [2.24, 2.45) is 0 Å². The molecule has 0 aliphatic rings. The average Bonchev–Trinajstić information content (AvgIpc) is 2.26. The number of thioether (sulfide) groups is 1. The number of nitrogens with zero attached hydrogens (tertiary/aromatic N) is 2. The van der Waals surface area contributed by atoms with E-state index in [1.165, 1.54) is 18.1 Å². The Balaban J connectivity index is 2.65. The highest BCUT2D eigenvalue weighted by atomic mass is 32.2. The minimum Gasteiger partial charge on any atom is -0.394 e. The molecule has 0 aliphatic heterocycles. The van der Waals surface area contributed by atoms with Crippen LogP contribution in [0.2, 0.25) is 0 Å². The number of rotatable bonds is 5. The summed E-state index contributed by atoms with van der Waals surface area (Å²) in [7, 11) is 0. The van der Waals surface area contributed by atoms with Gasteiger partial charge in [0, 0.05) is 6.07 Å². The molecule has 14 heavy (non-hydrogen) atoms. The van der Waals surface area contributed by atoms with Gasteiger partial charge in [0.05, 0.1) is 19.3 Å². The number of anilines is 1. The first-order chi connectivity index (χ1) is 6.80. The molecule has 1 rings (SSSR count). The summed E-state index contributed by atoms with van der Waals surface area (Å²) in [6.45, 7) is -0.260. The normalized spacial score (nSPS) is 10.6. The topological polar surface area (TPSA) is 78.3 Å². The molecule has 0 saturated heterocycles. The molecule has 0 fully saturated rings. The lowest BCUT2D eigenvalue weighted by molar-refractivity contribution is 0.203. The highest BCUT2D eigenvalue weighted by Gasteiger charge is 2.06. The molecule has 1 aromatic rings. The predicted molar refractivity (Wildman–Crippen MR) is 55.4 cm³/mol. The van der Waals surface area contributed by atoms with Crippen LogP contribution in [0.5, 0.6) is 0 Å². The van der Waals surface area contributed by atoms with E-state index in [1.54, 1.807) is 6.07 Å². The fraction of sp³-hybridized carbons (Fsp3) is 0.500. The van der Waals surface area contributed by atoms with Gasteiger partial charge in [-0.05, 0) is 6.26 Å². The van der Waals surface area contributed by atoms with Gasteiger partial charge in [0.1, 0.15) is 17.2 Å². The highest BCUT2D eigenvalue weighted by Crippen LogP contribution is 2.13. The zero-order valence-electron chi connectivity index (χ0n) is 7.84. The number of nitrogens with one attached hydrogen (secondary N) is 1. The maximum atomic E-state index is 8.84. The Labute approximate surface area is 86.6 Å². The minimum absolute atomic E-state index is 0.130. The van der Waals surface area contributed by atoms with Crippen LogP contribution in [0.3, 0.4) is 0 Å². The van der Waals surface area contributed by atoms with Gasteiger partial charge in [0.2, 0.25) is 0 Å². The molecule has 78 valence electrons. The second-order valence-corrected chi connectivity index (χ2v) is 3.48. The van der Waals surface area contributed by atoms with Gasteiger partial charge in [-0.3, -0.25) is 0 Å². The number of aliphatic hydroxyl groups excluding tert-OH is 2. The second kappa shape index (κ2) is 5.79. The van der Waals surface area contributed by atoms with Gasteiger partial charge in [0.25, 0.3) is 0 Å². The summed E-state index contributed by atoms with van der Waals surface area (Å²) in [6, 6.07) is 1.39. The molecule has 0 aliphatic carbocycles. The fourth-order valence-corrected chi connectivity index (χ4v) is 1.27. The molecule has 5 nitrogen and oxygen atoms in total. The molecule has 6 heteroatoms. The van der Waals surface area contributed by atoms with E-state index >= 15 is 0 Å². The van der Waals surface area contributed by atoms with Gasteiger partial charge in [-0.15, -0.1) is 11.8 Å². The molecule has 0 spiro atoms. The first-order valence-corrected chi connectivity index (χ1v) is 5.37. The van der Waals surface area contributed by atoms with Crippen molar-refractivity contribution < 1.29 is 10.2 Å². The van der Waals surface area contributed by atoms with Gasteiger partial charge >= 0.3 is 0 Å². The van der Waals surface area contributed by atoms with Crippen molar-refractivity contribution in [3.63, 3.8) is 0 Å². The summed E-state index contributed by atoms with van der Waals surface area (Å²) in [5.41, 5.74) is 0. The highest BCUT2D eigenvalue weighted by molar-refractivity contribution is 7.98. The maximum absolute atomic E-state index is 8.84. The summed E-state index contributed by atoms with van der Waals surface area (Å²) in [6.07, 6.45) is 3.36. The van der Waals surface area contributed by atoms with Gasteiger partial charge in [-0.1, -0.05) is 0 Å². The van der Waals surface area contributed by atoms with Crippen LogP contribution >= 0.6 is 11.8 Å². The van der Waals surface area contributed by atoms with E-state index in [2.05, 4.69) is 15.3 Å². The van der Waals surface area contributed by atoms with E-state index < -0.39 is 0 Å².